The molecule has 0 spiro atoms. The van der Waals surface area contributed by atoms with Gasteiger partial charge in [-0.2, -0.15) is 0 Å². The predicted molar refractivity (Wildman–Crippen MR) is 173 cm³/mol. The molecule has 0 aliphatic carbocycles. The smallest absolute Gasteiger partial charge is 0.368 e. The first-order chi connectivity index (χ1) is 19.9. The number of hydrogen-bond donors (Lipinski definition) is 0. The molecule has 0 amide bonds. The zero-order chi connectivity index (χ0) is 29.8. The van der Waals surface area contributed by atoms with Crippen LogP contribution in [0.25, 0.3) is 0 Å². The Morgan fingerprint density at radius 1 is 0.707 bits per heavy atom. The molecule has 2 aromatic carbocycles. The van der Waals surface area contributed by atoms with Crippen molar-refractivity contribution in [2.24, 2.45) is 0 Å². The van der Waals surface area contributed by atoms with E-state index < -0.39 is 6.29 Å². The maximum absolute atomic E-state index is 13.4. The molecule has 0 aromatic heterocycles. The lowest BCUT2D eigenvalue weighted by molar-refractivity contribution is -0.920. The highest BCUT2D eigenvalue weighted by Gasteiger charge is 2.37. The van der Waals surface area contributed by atoms with E-state index in [9.17, 15) is 4.79 Å². The van der Waals surface area contributed by atoms with Gasteiger partial charge in [0.2, 0.25) is 6.29 Å². The fraction of sp³-hybridized carbons (Fsp3) is 0.649. The van der Waals surface area contributed by atoms with E-state index in [4.69, 9.17) is 9.47 Å². The quantitative estimate of drug-likeness (QED) is 0.0581. The Morgan fingerprint density at radius 2 is 1.29 bits per heavy atom. The highest BCUT2D eigenvalue weighted by Crippen LogP contribution is 2.23. The van der Waals surface area contributed by atoms with Gasteiger partial charge in [0.05, 0.1) is 14.1 Å². The van der Waals surface area contributed by atoms with E-state index in [1.165, 1.54) is 88.2 Å². The van der Waals surface area contributed by atoms with Crippen LogP contribution < -0.4 is 4.74 Å². The molecule has 0 bridgehead atoms. The molecule has 0 saturated heterocycles. The number of hydrogen-bond acceptors (Lipinski definition) is 3. The van der Waals surface area contributed by atoms with Crippen LogP contribution in [0.4, 0.5) is 0 Å². The standard InChI is InChI=1S/C37H60NO3/c1-6-9-10-11-12-13-14-15-16-17-18-20-25-32-28-23-29-34(30-32)40-36(8-3)41-37(39)35(24-7-2)38(4,5)31-33-26-21-19-22-27-33/h19,21-23,26-30,35-36H,6-18,20,24-25,31H2,1-5H3/q+1. The zero-order valence-electron chi connectivity index (χ0n) is 27.0. The zero-order valence-corrected chi connectivity index (χ0v) is 27.0. The van der Waals surface area contributed by atoms with Crippen molar-refractivity contribution >= 4 is 5.97 Å². The molecule has 4 nitrogen and oxygen atoms in total. The Morgan fingerprint density at radius 3 is 1.88 bits per heavy atom. The molecule has 2 aromatic rings. The lowest BCUT2D eigenvalue weighted by Crippen LogP contribution is -2.53. The van der Waals surface area contributed by atoms with Crippen LogP contribution >= 0.6 is 0 Å². The van der Waals surface area contributed by atoms with Gasteiger partial charge in [0.25, 0.3) is 0 Å². The average molecular weight is 567 g/mol. The molecule has 2 unspecified atom stereocenters. The Kier molecular flexibility index (Phi) is 17.5. The van der Waals surface area contributed by atoms with E-state index in [1.54, 1.807) is 0 Å². The van der Waals surface area contributed by atoms with E-state index in [0.29, 0.717) is 10.9 Å². The van der Waals surface area contributed by atoms with E-state index in [1.807, 2.05) is 19.1 Å². The lowest BCUT2D eigenvalue weighted by Gasteiger charge is -2.37. The van der Waals surface area contributed by atoms with Gasteiger partial charge in [-0.1, -0.05) is 134 Å². The van der Waals surface area contributed by atoms with Gasteiger partial charge >= 0.3 is 5.97 Å². The number of quaternary nitrogens is 1. The highest BCUT2D eigenvalue weighted by atomic mass is 16.7. The molecule has 2 atom stereocenters. The summed E-state index contributed by atoms with van der Waals surface area (Å²) in [4.78, 5) is 13.4. The van der Waals surface area contributed by atoms with Gasteiger partial charge in [-0.25, -0.2) is 4.79 Å². The molecule has 41 heavy (non-hydrogen) atoms. The molecular weight excluding hydrogens is 506 g/mol. The maximum atomic E-state index is 13.4. The fourth-order valence-electron chi connectivity index (χ4n) is 5.69. The van der Waals surface area contributed by atoms with Crippen LogP contribution in [0.5, 0.6) is 5.75 Å². The predicted octanol–water partition coefficient (Wildman–Crippen LogP) is 10.0. The van der Waals surface area contributed by atoms with Gasteiger partial charge < -0.3 is 14.0 Å². The third-order valence-corrected chi connectivity index (χ3v) is 8.18. The molecule has 2 rings (SSSR count). The Balaban J connectivity index is 1.77. The molecule has 0 saturated carbocycles. The van der Waals surface area contributed by atoms with E-state index in [-0.39, 0.29) is 12.0 Å². The van der Waals surface area contributed by atoms with Crippen molar-refractivity contribution in [3.05, 3.63) is 65.7 Å². The van der Waals surface area contributed by atoms with Crippen LogP contribution in [-0.4, -0.2) is 36.9 Å². The number of carbonyl (C=O) groups excluding carboxylic acids is 1. The van der Waals surface area contributed by atoms with Crippen molar-refractivity contribution in [1.29, 1.82) is 0 Å². The van der Waals surface area contributed by atoms with Gasteiger partial charge in [0, 0.05) is 18.4 Å². The molecule has 0 heterocycles. The maximum Gasteiger partial charge on any atom is 0.368 e. The molecule has 0 fully saturated rings. The SMILES string of the molecule is CCCCCCCCCCCCCCc1cccc(OC(CC)OC(=O)C(CCC)[N+](C)(C)Cc2ccccc2)c1. The van der Waals surface area contributed by atoms with Crippen LogP contribution in [0.15, 0.2) is 54.6 Å². The number of nitrogens with zero attached hydrogens (tertiary/aromatic N) is 1. The van der Waals surface area contributed by atoms with Crippen LogP contribution in [0, 0.1) is 0 Å². The number of unbranched alkanes of at least 4 members (excludes halogenated alkanes) is 11. The minimum absolute atomic E-state index is 0.174. The average Bonchev–Trinajstić information content (AvgIpc) is 2.96. The summed E-state index contributed by atoms with van der Waals surface area (Å²) in [5.74, 6) is 0.610. The first-order valence-corrected chi connectivity index (χ1v) is 16.7. The fourth-order valence-corrected chi connectivity index (χ4v) is 5.69. The van der Waals surface area contributed by atoms with Gasteiger partial charge in [0.15, 0.2) is 6.04 Å². The molecular formula is C37H60NO3+. The van der Waals surface area contributed by atoms with E-state index in [0.717, 1.165) is 31.6 Å². The van der Waals surface area contributed by atoms with Gasteiger partial charge in [-0.15, -0.1) is 0 Å². The summed E-state index contributed by atoms with van der Waals surface area (Å²) in [7, 11) is 4.24. The Hall–Kier alpha value is -2.33. The summed E-state index contributed by atoms with van der Waals surface area (Å²) < 4.78 is 12.7. The second-order valence-corrected chi connectivity index (χ2v) is 12.4. The highest BCUT2D eigenvalue weighted by molar-refractivity contribution is 5.74. The normalized spacial score (nSPS) is 13.1. The number of rotatable bonds is 23. The monoisotopic (exact) mass is 566 g/mol. The largest absolute Gasteiger partial charge is 0.455 e. The number of likely N-dealkylation sites (N-methyl/N-ethyl adjacent to an activating group) is 1. The summed E-state index contributed by atoms with van der Waals surface area (Å²) in [6.45, 7) is 7.19. The second-order valence-electron chi connectivity index (χ2n) is 12.4. The van der Waals surface area contributed by atoms with Crippen molar-refractivity contribution in [2.45, 2.75) is 142 Å². The van der Waals surface area contributed by atoms with Crippen molar-refractivity contribution in [1.82, 2.24) is 0 Å². The van der Waals surface area contributed by atoms with Gasteiger partial charge in [-0.3, -0.25) is 0 Å². The molecule has 230 valence electrons. The molecule has 4 heteroatoms. The van der Waals surface area contributed by atoms with Gasteiger partial charge in [0.1, 0.15) is 12.3 Å². The molecule has 0 aliphatic heterocycles. The summed E-state index contributed by atoms with van der Waals surface area (Å²) >= 11 is 0. The topological polar surface area (TPSA) is 35.5 Å². The molecule has 0 aliphatic rings. The lowest BCUT2D eigenvalue weighted by atomic mass is 10.0. The Labute approximate surface area is 252 Å². The first kappa shape index (κ1) is 34.9. The summed E-state index contributed by atoms with van der Waals surface area (Å²) in [6, 6.07) is 18.5. The summed E-state index contributed by atoms with van der Waals surface area (Å²) in [5, 5.41) is 0. The number of carbonyl (C=O) groups is 1. The summed E-state index contributed by atoms with van der Waals surface area (Å²) in [5.41, 5.74) is 2.51. The van der Waals surface area contributed by atoms with Crippen molar-refractivity contribution < 1.29 is 18.8 Å². The van der Waals surface area contributed by atoms with Crippen molar-refractivity contribution in [3.8, 4) is 5.75 Å². The number of aryl methyl sites for hydroxylation is 1. The molecule has 0 radical (unpaired) electrons. The summed E-state index contributed by atoms with van der Waals surface area (Å²) in [6.07, 6.45) is 19.2. The van der Waals surface area contributed by atoms with Crippen LogP contribution in [0.2, 0.25) is 0 Å². The number of ether oxygens (including phenoxy) is 2. The second kappa shape index (κ2) is 20.5. The van der Waals surface area contributed by atoms with Crippen molar-refractivity contribution in [2.75, 3.05) is 14.1 Å². The first-order valence-electron chi connectivity index (χ1n) is 16.7. The number of benzene rings is 2. The minimum atomic E-state index is -0.583. The third kappa shape index (κ3) is 14.4. The van der Waals surface area contributed by atoms with Crippen LogP contribution in [0.3, 0.4) is 0 Å². The van der Waals surface area contributed by atoms with E-state index >= 15 is 0 Å². The van der Waals surface area contributed by atoms with Crippen molar-refractivity contribution in [3.63, 3.8) is 0 Å². The third-order valence-electron chi connectivity index (χ3n) is 8.18. The van der Waals surface area contributed by atoms with Crippen LogP contribution in [0.1, 0.15) is 128 Å². The van der Waals surface area contributed by atoms with E-state index in [2.05, 4.69) is 70.4 Å². The number of esters is 1. The van der Waals surface area contributed by atoms with Crippen LogP contribution in [-0.2, 0) is 22.5 Å². The Bertz CT molecular complexity index is 942. The molecule has 0 N–H and O–H groups in total. The van der Waals surface area contributed by atoms with Gasteiger partial charge in [-0.05, 0) is 37.0 Å². The minimum Gasteiger partial charge on any atom is -0.455 e.